The van der Waals surface area contributed by atoms with Gasteiger partial charge < -0.3 is 10.4 Å². The molecule has 0 saturated heterocycles. The third kappa shape index (κ3) is 5.75. The van der Waals surface area contributed by atoms with Crippen LogP contribution in [0, 0.1) is 0 Å². The minimum atomic E-state index is -4.36. The number of carbonyl (C=O) groups is 1. The van der Waals surface area contributed by atoms with Crippen LogP contribution in [0.25, 0.3) is 0 Å². The van der Waals surface area contributed by atoms with Gasteiger partial charge >= 0.3 is 12.1 Å². The molecule has 0 saturated carbocycles. The van der Waals surface area contributed by atoms with E-state index in [0.717, 1.165) is 18.6 Å². The van der Waals surface area contributed by atoms with E-state index in [4.69, 9.17) is 5.11 Å². The summed E-state index contributed by atoms with van der Waals surface area (Å²) in [5, 5.41) is 12.0. The number of alkyl halides is 3. The first-order valence-electron chi connectivity index (χ1n) is 6.89. The van der Waals surface area contributed by atoms with Gasteiger partial charge in [0.1, 0.15) is 6.04 Å². The van der Waals surface area contributed by atoms with E-state index in [0.29, 0.717) is 18.4 Å². The average Bonchev–Trinajstić information content (AvgIpc) is 2.37. The summed E-state index contributed by atoms with van der Waals surface area (Å²) in [5.41, 5.74) is -0.152. The molecule has 1 aromatic rings. The summed E-state index contributed by atoms with van der Waals surface area (Å²) < 4.78 is 37.9. The number of rotatable bonds is 7. The fraction of sp³-hybridized carbons (Fsp3) is 0.533. The van der Waals surface area contributed by atoms with Crippen LogP contribution < -0.4 is 5.32 Å². The van der Waals surface area contributed by atoms with Crippen LogP contribution in [0.4, 0.5) is 13.2 Å². The van der Waals surface area contributed by atoms with Crippen LogP contribution >= 0.6 is 0 Å². The standard InChI is InChI=1S/C15H20F3NO2/c1-3-5-13(14(20)21)19-10(2)8-11-6-4-7-12(9-11)15(16,17)18/h4,6-7,9-10,13,19H,3,5,8H2,1-2H3,(H,20,21). The van der Waals surface area contributed by atoms with Crippen molar-refractivity contribution in [2.24, 2.45) is 0 Å². The van der Waals surface area contributed by atoms with E-state index < -0.39 is 23.8 Å². The highest BCUT2D eigenvalue weighted by molar-refractivity contribution is 5.73. The van der Waals surface area contributed by atoms with E-state index in [9.17, 15) is 18.0 Å². The maximum atomic E-state index is 12.6. The average molecular weight is 303 g/mol. The van der Waals surface area contributed by atoms with Crippen LogP contribution in [-0.4, -0.2) is 23.2 Å². The maximum absolute atomic E-state index is 12.6. The molecule has 2 unspecified atom stereocenters. The van der Waals surface area contributed by atoms with Crippen molar-refractivity contribution < 1.29 is 23.1 Å². The van der Waals surface area contributed by atoms with Crippen LogP contribution in [0.2, 0.25) is 0 Å². The molecule has 0 aliphatic heterocycles. The first-order chi connectivity index (χ1) is 9.74. The summed E-state index contributed by atoms with van der Waals surface area (Å²) in [5.74, 6) is -0.937. The Hall–Kier alpha value is -1.56. The highest BCUT2D eigenvalue weighted by atomic mass is 19.4. The van der Waals surface area contributed by atoms with Gasteiger partial charge in [0, 0.05) is 6.04 Å². The van der Waals surface area contributed by atoms with Crippen LogP contribution in [-0.2, 0) is 17.4 Å². The number of benzene rings is 1. The molecule has 1 rings (SSSR count). The normalized spacial score (nSPS) is 14.7. The summed E-state index contributed by atoms with van der Waals surface area (Å²) >= 11 is 0. The zero-order chi connectivity index (χ0) is 16.0. The van der Waals surface area contributed by atoms with Crippen LogP contribution in [0.15, 0.2) is 24.3 Å². The van der Waals surface area contributed by atoms with Crippen molar-refractivity contribution in [3.05, 3.63) is 35.4 Å². The van der Waals surface area contributed by atoms with E-state index in [1.165, 1.54) is 6.07 Å². The van der Waals surface area contributed by atoms with Crippen molar-refractivity contribution >= 4 is 5.97 Å². The number of carboxylic acids is 1. The van der Waals surface area contributed by atoms with Gasteiger partial charge in [0.2, 0.25) is 0 Å². The van der Waals surface area contributed by atoms with Crippen LogP contribution in [0.3, 0.4) is 0 Å². The number of halogens is 3. The molecule has 0 bridgehead atoms. The van der Waals surface area contributed by atoms with E-state index in [1.807, 2.05) is 6.92 Å². The molecule has 2 N–H and O–H groups in total. The molecule has 2 atom stereocenters. The van der Waals surface area contributed by atoms with Gasteiger partial charge in [-0.05, 0) is 31.4 Å². The Bertz CT molecular complexity index is 474. The lowest BCUT2D eigenvalue weighted by Crippen LogP contribution is -2.42. The van der Waals surface area contributed by atoms with Crippen molar-refractivity contribution in [2.75, 3.05) is 0 Å². The van der Waals surface area contributed by atoms with Gasteiger partial charge in [0.05, 0.1) is 5.56 Å². The fourth-order valence-corrected chi connectivity index (χ4v) is 2.20. The summed E-state index contributed by atoms with van der Waals surface area (Å²) in [6.07, 6.45) is -2.81. The van der Waals surface area contributed by atoms with Gasteiger partial charge in [-0.15, -0.1) is 0 Å². The highest BCUT2D eigenvalue weighted by Gasteiger charge is 2.30. The predicted octanol–water partition coefficient (Wildman–Crippen LogP) is 3.48. The van der Waals surface area contributed by atoms with Gasteiger partial charge in [-0.3, -0.25) is 4.79 Å². The molecule has 6 heteroatoms. The van der Waals surface area contributed by atoms with E-state index in [-0.39, 0.29) is 6.04 Å². The number of hydrogen-bond donors (Lipinski definition) is 2. The Morgan fingerprint density at radius 1 is 1.38 bits per heavy atom. The second kappa shape index (κ2) is 7.45. The molecule has 0 amide bonds. The summed E-state index contributed by atoms with van der Waals surface area (Å²) in [4.78, 5) is 11.1. The number of hydrogen-bond acceptors (Lipinski definition) is 2. The Kier molecular flexibility index (Phi) is 6.20. The van der Waals surface area contributed by atoms with Crippen molar-refractivity contribution in [3.63, 3.8) is 0 Å². The summed E-state index contributed by atoms with van der Waals surface area (Å²) in [7, 11) is 0. The molecule has 0 heterocycles. The van der Waals surface area contributed by atoms with Gasteiger partial charge in [-0.1, -0.05) is 31.5 Å². The van der Waals surface area contributed by atoms with Gasteiger partial charge in [0.25, 0.3) is 0 Å². The van der Waals surface area contributed by atoms with Crippen molar-refractivity contribution in [2.45, 2.75) is 51.4 Å². The molecule has 0 spiro atoms. The highest BCUT2D eigenvalue weighted by Crippen LogP contribution is 2.29. The fourth-order valence-electron chi connectivity index (χ4n) is 2.20. The van der Waals surface area contributed by atoms with Gasteiger partial charge in [-0.2, -0.15) is 13.2 Å². The monoisotopic (exact) mass is 303 g/mol. The molecule has 0 aromatic heterocycles. The first-order valence-corrected chi connectivity index (χ1v) is 6.89. The summed E-state index contributed by atoms with van der Waals surface area (Å²) in [6.45, 7) is 3.65. The second-order valence-corrected chi connectivity index (χ2v) is 5.15. The van der Waals surface area contributed by atoms with Gasteiger partial charge in [-0.25, -0.2) is 0 Å². The molecule has 118 valence electrons. The summed E-state index contributed by atoms with van der Waals surface area (Å²) in [6, 6.07) is 4.22. The zero-order valence-corrected chi connectivity index (χ0v) is 12.1. The number of nitrogens with one attached hydrogen (secondary N) is 1. The van der Waals surface area contributed by atoms with E-state index >= 15 is 0 Å². The van der Waals surface area contributed by atoms with E-state index in [2.05, 4.69) is 5.32 Å². The largest absolute Gasteiger partial charge is 0.480 e. The molecule has 1 aromatic carbocycles. The topological polar surface area (TPSA) is 49.3 Å². The third-order valence-electron chi connectivity index (χ3n) is 3.16. The smallest absolute Gasteiger partial charge is 0.416 e. The number of aliphatic carboxylic acids is 1. The Morgan fingerprint density at radius 3 is 2.57 bits per heavy atom. The first kappa shape index (κ1) is 17.5. The molecular weight excluding hydrogens is 283 g/mol. The third-order valence-corrected chi connectivity index (χ3v) is 3.16. The predicted molar refractivity (Wildman–Crippen MR) is 74.1 cm³/mol. The quantitative estimate of drug-likeness (QED) is 0.811. The minimum Gasteiger partial charge on any atom is -0.480 e. The SMILES string of the molecule is CCCC(NC(C)Cc1cccc(C(F)(F)F)c1)C(=O)O. The zero-order valence-electron chi connectivity index (χ0n) is 12.1. The van der Waals surface area contributed by atoms with Crippen LogP contribution in [0.1, 0.15) is 37.8 Å². The lowest BCUT2D eigenvalue weighted by atomic mass is 10.0. The molecule has 0 radical (unpaired) electrons. The molecule has 3 nitrogen and oxygen atoms in total. The van der Waals surface area contributed by atoms with Crippen molar-refractivity contribution in [3.8, 4) is 0 Å². The van der Waals surface area contributed by atoms with Crippen molar-refractivity contribution in [1.29, 1.82) is 0 Å². The second-order valence-electron chi connectivity index (χ2n) is 5.15. The van der Waals surface area contributed by atoms with Crippen LogP contribution in [0.5, 0.6) is 0 Å². The Labute approximate surface area is 122 Å². The lowest BCUT2D eigenvalue weighted by molar-refractivity contribution is -0.140. The maximum Gasteiger partial charge on any atom is 0.416 e. The Morgan fingerprint density at radius 2 is 2.05 bits per heavy atom. The molecule has 21 heavy (non-hydrogen) atoms. The molecule has 0 aliphatic rings. The number of carboxylic acid groups (broad SMARTS) is 1. The molecule has 0 fully saturated rings. The minimum absolute atomic E-state index is 0.221. The molecule has 0 aliphatic carbocycles. The lowest BCUT2D eigenvalue weighted by Gasteiger charge is -2.20. The van der Waals surface area contributed by atoms with E-state index in [1.54, 1.807) is 13.0 Å². The Balaban J connectivity index is 2.70. The van der Waals surface area contributed by atoms with Gasteiger partial charge in [0.15, 0.2) is 0 Å². The molecular formula is C15H20F3NO2. The van der Waals surface area contributed by atoms with Crippen molar-refractivity contribution in [1.82, 2.24) is 5.32 Å².